The Balaban J connectivity index is 1.09. The third-order valence-corrected chi connectivity index (χ3v) is 12.3. The van der Waals surface area contributed by atoms with Crippen LogP contribution >= 0.6 is 0 Å². The third-order valence-electron chi connectivity index (χ3n) is 12.3. The van der Waals surface area contributed by atoms with Crippen LogP contribution in [0, 0.1) is 0 Å². The van der Waals surface area contributed by atoms with E-state index in [1.807, 2.05) is 18.2 Å². The summed E-state index contributed by atoms with van der Waals surface area (Å²) in [6.45, 7) is 4.73. The molecule has 4 heteroatoms. The number of hydrogen-bond acceptors (Lipinski definition) is 4. The SMILES string of the molecule is CC1(C)c2ccccc2C2(c3ccccc3Oc3ccccc32)c2ccc(-c3cccc(-c4nc(C5=CCCc6ccccc65)nc(-c5ccccc5)n4)c3)cc21. The van der Waals surface area contributed by atoms with E-state index in [9.17, 15) is 0 Å². The number of nitrogens with zero attached hydrogens (tertiary/aromatic N) is 3. The molecular weight excluding hydrogens is 695 g/mol. The van der Waals surface area contributed by atoms with Crippen LogP contribution in [-0.2, 0) is 17.3 Å². The molecule has 0 fully saturated rings. The first kappa shape index (κ1) is 33.4. The van der Waals surface area contributed by atoms with Gasteiger partial charge in [0.15, 0.2) is 17.5 Å². The number of para-hydroxylation sites is 2. The number of rotatable bonds is 4. The molecule has 2 heterocycles. The highest BCUT2D eigenvalue weighted by Crippen LogP contribution is 2.61. The second kappa shape index (κ2) is 12.8. The fraction of sp³-hybridized carbons (Fsp3) is 0.113. The second-order valence-electron chi connectivity index (χ2n) is 15.8. The Hall–Kier alpha value is -6.91. The standard InChI is InChI=1S/C53H39N3O/c1-52(2)41-24-8-9-25-42(41)53(44-26-10-12-28-47(44)57-48-29-13-11-27-45(48)53)43-31-30-37(33-46(43)52)36-20-14-21-38(32-36)50-54-49(35-17-4-3-5-18-35)55-51(56-50)40-23-15-19-34-16-6-7-22-39(34)40/h3-14,16-18,20-33H,15,19H2,1-2H3. The third kappa shape index (κ3) is 5.10. The summed E-state index contributed by atoms with van der Waals surface area (Å²) in [4.78, 5) is 15.4. The highest BCUT2D eigenvalue weighted by molar-refractivity contribution is 5.82. The molecule has 0 bridgehead atoms. The van der Waals surface area contributed by atoms with Gasteiger partial charge in [-0.15, -0.1) is 0 Å². The van der Waals surface area contributed by atoms with E-state index in [2.05, 4.69) is 172 Å². The Morgan fingerprint density at radius 3 is 1.77 bits per heavy atom. The number of aryl methyl sites for hydroxylation is 1. The van der Waals surface area contributed by atoms with Crippen LogP contribution in [0.3, 0.4) is 0 Å². The molecule has 272 valence electrons. The van der Waals surface area contributed by atoms with Crippen molar-refractivity contribution in [1.82, 2.24) is 15.0 Å². The summed E-state index contributed by atoms with van der Waals surface area (Å²) < 4.78 is 6.62. The van der Waals surface area contributed by atoms with Crippen LogP contribution in [0.5, 0.6) is 11.5 Å². The minimum atomic E-state index is -0.547. The Morgan fingerprint density at radius 2 is 1.00 bits per heavy atom. The predicted molar refractivity (Wildman–Crippen MR) is 228 cm³/mol. The average molecular weight is 734 g/mol. The Kier molecular flexibility index (Phi) is 7.52. The van der Waals surface area contributed by atoms with E-state index in [1.54, 1.807) is 0 Å². The second-order valence-corrected chi connectivity index (χ2v) is 15.8. The van der Waals surface area contributed by atoms with Gasteiger partial charge in [0.05, 0.1) is 5.41 Å². The molecule has 0 amide bonds. The zero-order valence-electron chi connectivity index (χ0n) is 31.9. The van der Waals surface area contributed by atoms with Gasteiger partial charge in [0, 0.05) is 33.2 Å². The molecule has 7 aromatic carbocycles. The van der Waals surface area contributed by atoms with E-state index >= 15 is 0 Å². The molecule has 1 spiro atoms. The summed E-state index contributed by atoms with van der Waals surface area (Å²) in [5.74, 6) is 3.82. The van der Waals surface area contributed by atoms with Crippen molar-refractivity contribution in [2.75, 3.05) is 0 Å². The van der Waals surface area contributed by atoms with E-state index in [0.29, 0.717) is 17.5 Å². The molecule has 1 aliphatic heterocycles. The molecule has 11 rings (SSSR count). The minimum Gasteiger partial charge on any atom is -0.457 e. The lowest BCUT2D eigenvalue weighted by atomic mass is 9.53. The maximum Gasteiger partial charge on any atom is 0.164 e. The molecule has 0 radical (unpaired) electrons. The molecule has 57 heavy (non-hydrogen) atoms. The number of ether oxygens (including phenoxy) is 1. The lowest BCUT2D eigenvalue weighted by Gasteiger charge is -2.50. The van der Waals surface area contributed by atoms with Gasteiger partial charge < -0.3 is 4.74 Å². The molecular formula is C53H39N3O. The molecule has 0 saturated carbocycles. The molecule has 8 aromatic rings. The van der Waals surface area contributed by atoms with Crippen molar-refractivity contribution in [3.05, 3.63) is 226 Å². The van der Waals surface area contributed by atoms with Crippen molar-refractivity contribution in [3.63, 3.8) is 0 Å². The van der Waals surface area contributed by atoms with Gasteiger partial charge in [-0.3, -0.25) is 0 Å². The van der Waals surface area contributed by atoms with Crippen molar-refractivity contribution in [2.24, 2.45) is 0 Å². The first-order valence-corrected chi connectivity index (χ1v) is 19.8. The lowest BCUT2D eigenvalue weighted by Crippen LogP contribution is -2.43. The van der Waals surface area contributed by atoms with Crippen LogP contribution < -0.4 is 4.74 Å². The highest BCUT2D eigenvalue weighted by atomic mass is 16.5. The predicted octanol–water partition coefficient (Wildman–Crippen LogP) is 12.4. The van der Waals surface area contributed by atoms with Crippen LogP contribution in [0.4, 0.5) is 0 Å². The fourth-order valence-electron chi connectivity index (χ4n) is 9.66. The van der Waals surface area contributed by atoms with Crippen molar-refractivity contribution in [3.8, 4) is 45.4 Å². The number of fused-ring (bicyclic) bond motifs is 9. The van der Waals surface area contributed by atoms with E-state index < -0.39 is 5.41 Å². The lowest BCUT2D eigenvalue weighted by molar-refractivity contribution is 0.425. The molecule has 0 unspecified atom stereocenters. The van der Waals surface area contributed by atoms with Gasteiger partial charge >= 0.3 is 0 Å². The summed E-state index contributed by atoms with van der Waals surface area (Å²) in [7, 11) is 0. The number of hydrogen-bond donors (Lipinski definition) is 0. The monoisotopic (exact) mass is 733 g/mol. The quantitative estimate of drug-likeness (QED) is 0.181. The summed E-state index contributed by atoms with van der Waals surface area (Å²) in [6.07, 6.45) is 4.25. The molecule has 3 aliphatic rings. The van der Waals surface area contributed by atoms with Gasteiger partial charge in [-0.2, -0.15) is 0 Å². The van der Waals surface area contributed by atoms with Gasteiger partial charge in [-0.05, 0) is 81.6 Å². The smallest absolute Gasteiger partial charge is 0.164 e. The van der Waals surface area contributed by atoms with Crippen molar-refractivity contribution in [2.45, 2.75) is 37.5 Å². The molecule has 2 aliphatic carbocycles. The number of allylic oxidation sites excluding steroid dienone is 1. The fourth-order valence-corrected chi connectivity index (χ4v) is 9.66. The number of aromatic nitrogens is 3. The zero-order valence-corrected chi connectivity index (χ0v) is 31.9. The van der Waals surface area contributed by atoms with Crippen LogP contribution in [0.25, 0.3) is 39.5 Å². The Labute approximate surface area is 333 Å². The topological polar surface area (TPSA) is 47.9 Å². The summed E-state index contributed by atoms with van der Waals surface area (Å²) in [6, 6.07) is 60.7. The van der Waals surface area contributed by atoms with E-state index in [4.69, 9.17) is 19.7 Å². The average Bonchev–Trinajstić information content (AvgIpc) is 3.28. The molecule has 0 N–H and O–H groups in total. The maximum atomic E-state index is 6.62. The van der Waals surface area contributed by atoms with Gasteiger partial charge in [0.1, 0.15) is 11.5 Å². The van der Waals surface area contributed by atoms with Gasteiger partial charge in [0.2, 0.25) is 0 Å². The van der Waals surface area contributed by atoms with E-state index in [1.165, 1.54) is 44.5 Å². The zero-order chi connectivity index (χ0) is 38.1. The summed E-state index contributed by atoms with van der Waals surface area (Å²) in [5, 5.41) is 0. The van der Waals surface area contributed by atoms with Crippen molar-refractivity contribution in [1.29, 1.82) is 0 Å². The van der Waals surface area contributed by atoms with Crippen molar-refractivity contribution < 1.29 is 4.74 Å². The highest BCUT2D eigenvalue weighted by Gasteiger charge is 2.52. The minimum absolute atomic E-state index is 0.273. The molecule has 1 aromatic heterocycles. The van der Waals surface area contributed by atoms with Gasteiger partial charge in [0.25, 0.3) is 0 Å². The summed E-state index contributed by atoms with van der Waals surface area (Å²) in [5.41, 5.74) is 14.5. The normalized spacial score (nSPS) is 15.2. The first-order valence-electron chi connectivity index (χ1n) is 19.8. The summed E-state index contributed by atoms with van der Waals surface area (Å²) >= 11 is 0. The molecule has 0 atom stereocenters. The van der Waals surface area contributed by atoms with Gasteiger partial charge in [-0.25, -0.2) is 15.0 Å². The number of benzene rings is 7. The van der Waals surface area contributed by atoms with E-state index in [-0.39, 0.29) is 5.41 Å². The van der Waals surface area contributed by atoms with E-state index in [0.717, 1.165) is 52.2 Å². The van der Waals surface area contributed by atoms with Crippen molar-refractivity contribution >= 4 is 5.57 Å². The van der Waals surface area contributed by atoms with Crippen LogP contribution in [0.2, 0.25) is 0 Å². The Bertz CT molecular complexity index is 2880. The largest absolute Gasteiger partial charge is 0.457 e. The maximum absolute atomic E-state index is 6.62. The van der Waals surface area contributed by atoms with Crippen LogP contribution in [0.1, 0.15) is 70.6 Å². The van der Waals surface area contributed by atoms with Crippen LogP contribution in [0.15, 0.2) is 176 Å². The van der Waals surface area contributed by atoms with Crippen LogP contribution in [-0.4, -0.2) is 15.0 Å². The first-order chi connectivity index (χ1) is 28.0. The molecule has 4 nitrogen and oxygen atoms in total. The Morgan fingerprint density at radius 1 is 0.439 bits per heavy atom. The molecule has 0 saturated heterocycles. The van der Waals surface area contributed by atoms with Gasteiger partial charge in [-0.1, -0.05) is 166 Å².